The average molecular weight is 821 g/mol. The van der Waals surface area contributed by atoms with Crippen molar-refractivity contribution in [2.45, 2.75) is 130 Å². The summed E-state index contributed by atoms with van der Waals surface area (Å²) in [4.78, 5) is 99.3. The first-order valence-corrected chi connectivity index (χ1v) is 19.4. The fraction of sp³-hybridized carbons (Fsp3) is 0.619. The van der Waals surface area contributed by atoms with E-state index in [9.17, 15) is 38.4 Å². The zero-order valence-electron chi connectivity index (χ0n) is 34.4. The Morgan fingerprint density at radius 1 is 0.483 bits per heavy atom. The Kier molecular flexibility index (Phi) is 24.8. The summed E-state index contributed by atoms with van der Waals surface area (Å²) in [5.74, 6) is -5.68. The molecule has 0 aromatic carbocycles. The standard InChI is InChI=1S/C42H60O16/c1-27(2)38(47)51-21-13-9-17-31(43)25-32-37(57-35(45)19-11-15-23-53-40(49)29(5)6)33(56-34(44)18-10-14-22-52-39(48)28(3)4)26-55-42(32)58-36(46)20-12-16-24-54-41(50)30(7)8/h32-33,37,42H,1,3,5,7,9-26H2,2,4,6,8H3/t32-,33-,37-,42?/m1/s1. The molecule has 0 aliphatic carbocycles. The fourth-order valence-electron chi connectivity index (χ4n) is 5.12. The molecule has 0 aromatic heterocycles. The third-order valence-corrected chi connectivity index (χ3v) is 8.33. The Labute approximate surface area is 340 Å². The molecule has 1 heterocycles. The third-order valence-electron chi connectivity index (χ3n) is 8.33. The lowest BCUT2D eigenvalue weighted by Crippen LogP contribution is -2.54. The van der Waals surface area contributed by atoms with Gasteiger partial charge in [0.05, 0.1) is 39.0 Å². The van der Waals surface area contributed by atoms with E-state index in [1.807, 2.05) is 0 Å². The van der Waals surface area contributed by atoms with E-state index in [-0.39, 0.29) is 99.6 Å². The Morgan fingerprint density at radius 2 is 0.828 bits per heavy atom. The number of unbranched alkanes of at least 4 members (excludes halogenated alkanes) is 4. The van der Waals surface area contributed by atoms with Gasteiger partial charge in [0.15, 0.2) is 12.2 Å². The summed E-state index contributed by atoms with van der Waals surface area (Å²) >= 11 is 0. The molecule has 16 heteroatoms. The van der Waals surface area contributed by atoms with Crippen LogP contribution in [0.15, 0.2) is 48.6 Å². The zero-order valence-corrected chi connectivity index (χ0v) is 34.4. The highest BCUT2D eigenvalue weighted by Crippen LogP contribution is 2.32. The highest BCUT2D eigenvalue weighted by Gasteiger charge is 2.47. The Bertz CT molecular complexity index is 1380. The number of hydrogen-bond donors (Lipinski definition) is 0. The summed E-state index contributed by atoms with van der Waals surface area (Å²) < 4.78 is 43.5. The Morgan fingerprint density at radius 3 is 1.21 bits per heavy atom. The zero-order chi connectivity index (χ0) is 43.6. The maximum atomic E-state index is 13.4. The number of carbonyl (C=O) groups excluding carboxylic acids is 8. The molecule has 0 bridgehead atoms. The smallest absolute Gasteiger partial charge is 0.333 e. The second kappa shape index (κ2) is 28.3. The molecule has 58 heavy (non-hydrogen) atoms. The summed E-state index contributed by atoms with van der Waals surface area (Å²) in [6.07, 6.45) is -1.76. The van der Waals surface area contributed by atoms with Gasteiger partial charge < -0.3 is 37.9 Å². The molecule has 1 rings (SSSR count). The minimum Gasteiger partial charge on any atom is -0.462 e. The van der Waals surface area contributed by atoms with Gasteiger partial charge in [0.1, 0.15) is 5.78 Å². The predicted molar refractivity (Wildman–Crippen MR) is 207 cm³/mol. The first-order valence-electron chi connectivity index (χ1n) is 19.4. The number of rotatable bonds is 29. The summed E-state index contributed by atoms with van der Waals surface area (Å²) in [6, 6.07) is 0. The van der Waals surface area contributed by atoms with E-state index >= 15 is 0 Å². The van der Waals surface area contributed by atoms with Crippen molar-refractivity contribution in [3.8, 4) is 0 Å². The lowest BCUT2D eigenvalue weighted by Gasteiger charge is -2.40. The van der Waals surface area contributed by atoms with Crippen LogP contribution in [0.4, 0.5) is 0 Å². The van der Waals surface area contributed by atoms with Gasteiger partial charge in [-0.1, -0.05) is 26.3 Å². The van der Waals surface area contributed by atoms with Crippen LogP contribution in [0.5, 0.6) is 0 Å². The maximum Gasteiger partial charge on any atom is 0.333 e. The molecule has 16 nitrogen and oxygen atoms in total. The van der Waals surface area contributed by atoms with Crippen molar-refractivity contribution in [1.29, 1.82) is 0 Å². The number of ether oxygens (including phenoxy) is 8. The van der Waals surface area contributed by atoms with E-state index < -0.39 is 66.2 Å². The van der Waals surface area contributed by atoms with Crippen LogP contribution in [-0.4, -0.2) is 99.1 Å². The molecule has 0 N–H and O–H groups in total. The normalized spacial score (nSPS) is 17.1. The molecule has 324 valence electrons. The van der Waals surface area contributed by atoms with E-state index in [2.05, 4.69) is 26.3 Å². The van der Waals surface area contributed by atoms with Crippen LogP contribution in [0.2, 0.25) is 0 Å². The van der Waals surface area contributed by atoms with Gasteiger partial charge in [-0.05, 0) is 79.1 Å². The van der Waals surface area contributed by atoms with Gasteiger partial charge in [-0.2, -0.15) is 0 Å². The number of ketones is 1. The van der Waals surface area contributed by atoms with Gasteiger partial charge in [0.25, 0.3) is 0 Å². The van der Waals surface area contributed by atoms with Crippen molar-refractivity contribution < 1.29 is 76.3 Å². The van der Waals surface area contributed by atoms with E-state index in [0.717, 1.165) is 0 Å². The van der Waals surface area contributed by atoms with E-state index in [0.29, 0.717) is 44.9 Å². The molecular weight excluding hydrogens is 760 g/mol. The molecule has 1 unspecified atom stereocenters. The first-order chi connectivity index (χ1) is 27.4. The van der Waals surface area contributed by atoms with Gasteiger partial charge in [0, 0.05) is 54.4 Å². The first kappa shape index (κ1) is 50.9. The van der Waals surface area contributed by atoms with E-state index in [1.165, 1.54) is 27.7 Å². The molecule has 0 radical (unpaired) electrons. The molecule has 0 spiro atoms. The number of Topliss-reactive ketones (excluding diaryl/α,β-unsaturated/α-hetero) is 1. The van der Waals surface area contributed by atoms with Crippen LogP contribution in [-0.2, 0) is 76.3 Å². The topological polar surface area (TPSA) is 210 Å². The highest BCUT2D eigenvalue weighted by atomic mass is 16.7. The average Bonchev–Trinajstić information content (AvgIpc) is 3.15. The molecule has 0 aromatic rings. The van der Waals surface area contributed by atoms with Gasteiger partial charge in [-0.25, -0.2) is 19.2 Å². The Hall–Kier alpha value is -5.12. The number of esters is 7. The molecule has 4 atom stereocenters. The van der Waals surface area contributed by atoms with Gasteiger partial charge in [-0.3, -0.25) is 19.2 Å². The summed E-state index contributed by atoms with van der Waals surface area (Å²) in [5, 5.41) is 0. The maximum absolute atomic E-state index is 13.4. The highest BCUT2D eigenvalue weighted by molar-refractivity contribution is 5.88. The second-order valence-electron chi connectivity index (χ2n) is 14.1. The minimum atomic E-state index is -1.37. The van der Waals surface area contributed by atoms with Crippen LogP contribution in [0, 0.1) is 5.92 Å². The van der Waals surface area contributed by atoms with Crippen molar-refractivity contribution in [1.82, 2.24) is 0 Å². The van der Waals surface area contributed by atoms with Crippen LogP contribution < -0.4 is 0 Å². The largest absolute Gasteiger partial charge is 0.462 e. The second-order valence-corrected chi connectivity index (χ2v) is 14.1. The van der Waals surface area contributed by atoms with Gasteiger partial charge in [0.2, 0.25) is 6.29 Å². The van der Waals surface area contributed by atoms with Crippen molar-refractivity contribution in [3.63, 3.8) is 0 Å². The summed E-state index contributed by atoms with van der Waals surface area (Å²) in [7, 11) is 0. The minimum absolute atomic E-state index is 0.0364. The quantitative estimate of drug-likeness (QED) is 0.0398. The van der Waals surface area contributed by atoms with Gasteiger partial charge in [-0.15, -0.1) is 0 Å². The number of carbonyl (C=O) groups is 8. The van der Waals surface area contributed by atoms with Crippen molar-refractivity contribution in [2.75, 3.05) is 33.0 Å². The van der Waals surface area contributed by atoms with Crippen molar-refractivity contribution in [2.24, 2.45) is 5.92 Å². The summed E-state index contributed by atoms with van der Waals surface area (Å²) in [6.45, 7) is 20.0. The van der Waals surface area contributed by atoms with Crippen molar-refractivity contribution >= 4 is 47.6 Å². The molecule has 1 aliphatic rings. The molecule has 1 saturated heterocycles. The molecule has 1 aliphatic heterocycles. The lowest BCUT2D eigenvalue weighted by atomic mass is 9.88. The van der Waals surface area contributed by atoms with Crippen LogP contribution in [0.1, 0.15) is 111 Å². The number of hydrogen-bond acceptors (Lipinski definition) is 16. The van der Waals surface area contributed by atoms with Crippen LogP contribution >= 0.6 is 0 Å². The SMILES string of the molecule is C=C(C)C(=O)OCCCCC(=O)C[C@H]1C(OC(=O)CCCCOC(=O)C(=C)C)OC[C@@H](OC(=O)CCCCOC(=O)C(=C)C)[C@@H]1OC(=O)CCCCOC(=O)C(=C)C. The van der Waals surface area contributed by atoms with Crippen molar-refractivity contribution in [3.05, 3.63) is 48.6 Å². The molecule has 0 amide bonds. The van der Waals surface area contributed by atoms with Gasteiger partial charge >= 0.3 is 41.8 Å². The Balaban J connectivity index is 3.15. The molecular formula is C42H60O16. The van der Waals surface area contributed by atoms with E-state index in [1.54, 1.807) is 0 Å². The van der Waals surface area contributed by atoms with E-state index in [4.69, 9.17) is 37.9 Å². The van der Waals surface area contributed by atoms with Crippen LogP contribution in [0.25, 0.3) is 0 Å². The van der Waals surface area contributed by atoms with Crippen LogP contribution in [0.3, 0.4) is 0 Å². The predicted octanol–water partition coefficient (Wildman–Crippen LogP) is 5.44. The fourth-order valence-corrected chi connectivity index (χ4v) is 5.12. The molecule has 1 fully saturated rings. The molecule has 0 saturated carbocycles. The monoisotopic (exact) mass is 820 g/mol. The lowest BCUT2D eigenvalue weighted by molar-refractivity contribution is -0.255. The third kappa shape index (κ3) is 22.0. The summed E-state index contributed by atoms with van der Waals surface area (Å²) in [5.41, 5.74) is 0.958.